The minimum atomic E-state index is -3.36. The average molecular weight is 501 g/mol. The van der Waals surface area contributed by atoms with Gasteiger partial charge in [-0.15, -0.1) is 0 Å². The van der Waals surface area contributed by atoms with Crippen LogP contribution in [-0.4, -0.2) is 68.2 Å². The minimum absolute atomic E-state index is 0.0559. The van der Waals surface area contributed by atoms with Gasteiger partial charge in [-0.3, -0.25) is 9.80 Å². The van der Waals surface area contributed by atoms with Gasteiger partial charge in [0.15, 0.2) is 9.84 Å². The van der Waals surface area contributed by atoms with E-state index in [0.717, 1.165) is 56.9 Å². The Hall–Kier alpha value is -2.52. The highest BCUT2D eigenvalue weighted by atomic mass is 32.2. The summed E-state index contributed by atoms with van der Waals surface area (Å²) in [5.74, 6) is 0.792. The predicted molar refractivity (Wildman–Crippen MR) is 132 cm³/mol. The van der Waals surface area contributed by atoms with Crippen LogP contribution >= 0.6 is 0 Å². The second-order valence-electron chi connectivity index (χ2n) is 10.7. The highest BCUT2D eigenvalue weighted by Crippen LogP contribution is 2.50. The summed E-state index contributed by atoms with van der Waals surface area (Å²) >= 11 is 0. The van der Waals surface area contributed by atoms with Gasteiger partial charge in [-0.25, -0.2) is 22.6 Å². The van der Waals surface area contributed by atoms with Gasteiger partial charge in [0.05, 0.1) is 17.0 Å². The zero-order valence-electron chi connectivity index (χ0n) is 20.6. The molecule has 1 spiro atoms. The molecule has 1 saturated heterocycles. The summed E-state index contributed by atoms with van der Waals surface area (Å²) in [6.07, 6.45) is 8.00. The first-order valence-electron chi connectivity index (χ1n) is 12.2. The molecule has 2 aliphatic carbocycles. The van der Waals surface area contributed by atoms with E-state index in [4.69, 9.17) is 0 Å². The summed E-state index contributed by atoms with van der Waals surface area (Å²) in [6, 6.07) is 9.98. The lowest BCUT2D eigenvalue weighted by molar-refractivity contribution is 0.0248. The number of sulfone groups is 1. The van der Waals surface area contributed by atoms with Crippen LogP contribution in [0.25, 0.3) is 0 Å². The number of aromatic nitrogens is 1. The Morgan fingerprint density at radius 3 is 2.37 bits per heavy atom. The zero-order valence-corrected chi connectivity index (χ0v) is 21.4. The van der Waals surface area contributed by atoms with Crippen molar-refractivity contribution in [2.75, 3.05) is 38.3 Å². The van der Waals surface area contributed by atoms with Crippen LogP contribution in [0.2, 0.25) is 0 Å². The number of halogens is 1. The standard InChI is InChI=1S/C26H33FN4O3S/c1-29(2)26(20-5-4-6-21(27)15-20)13-11-25(12-14-26)18-30(24(32)31(25)17-19-7-8-19)23-10-9-22(16-28-23)35(3,33)34/h4-6,9-10,15-16,19H,7-8,11-14,17-18H2,1-3H3/t25-,26-. The van der Waals surface area contributed by atoms with Gasteiger partial charge in [-0.2, -0.15) is 0 Å². The molecule has 0 atom stereocenters. The Labute approximate surface area is 206 Å². The fourth-order valence-corrected chi connectivity index (χ4v) is 6.45. The molecule has 5 rings (SSSR count). The molecule has 7 nitrogen and oxygen atoms in total. The first-order valence-corrected chi connectivity index (χ1v) is 14.1. The van der Waals surface area contributed by atoms with Crippen molar-refractivity contribution >= 4 is 21.7 Å². The molecular weight excluding hydrogens is 467 g/mol. The van der Waals surface area contributed by atoms with Crippen molar-refractivity contribution in [1.29, 1.82) is 0 Å². The molecule has 2 amide bonds. The molecule has 1 aromatic carbocycles. The summed E-state index contributed by atoms with van der Waals surface area (Å²) in [5.41, 5.74) is 0.374. The molecule has 0 unspecified atom stereocenters. The Kier molecular flexibility index (Phi) is 5.91. The SMILES string of the molecule is CN(C)[C@]1(c2cccc(F)c2)CC[C@@]2(CC1)CN(c1ccc(S(C)(=O)=O)cn1)C(=O)N2CC1CC1. The first-order chi connectivity index (χ1) is 16.5. The summed E-state index contributed by atoms with van der Waals surface area (Å²) in [7, 11) is 0.731. The Morgan fingerprint density at radius 1 is 1.11 bits per heavy atom. The lowest BCUT2D eigenvalue weighted by Crippen LogP contribution is -2.55. The van der Waals surface area contributed by atoms with E-state index in [0.29, 0.717) is 18.3 Å². The predicted octanol–water partition coefficient (Wildman–Crippen LogP) is 4.05. The number of benzene rings is 1. The molecule has 0 bridgehead atoms. The highest BCUT2D eigenvalue weighted by molar-refractivity contribution is 7.90. The first kappa shape index (κ1) is 24.2. The van der Waals surface area contributed by atoms with Crippen molar-refractivity contribution in [2.24, 2.45) is 5.92 Å². The molecule has 9 heteroatoms. The molecule has 3 aliphatic rings. The summed E-state index contributed by atoms with van der Waals surface area (Å²) < 4.78 is 37.8. The van der Waals surface area contributed by atoms with Gasteiger partial charge in [0.2, 0.25) is 0 Å². The van der Waals surface area contributed by atoms with E-state index in [2.05, 4.69) is 14.8 Å². The Bertz CT molecular complexity index is 1220. The van der Waals surface area contributed by atoms with Gasteiger partial charge in [0.1, 0.15) is 11.6 Å². The van der Waals surface area contributed by atoms with Gasteiger partial charge < -0.3 is 4.90 Å². The molecule has 188 valence electrons. The maximum atomic E-state index is 14.1. The largest absolute Gasteiger partial charge is 0.326 e. The van der Waals surface area contributed by atoms with Crippen LogP contribution in [0.4, 0.5) is 15.0 Å². The zero-order chi connectivity index (χ0) is 25.0. The molecule has 1 aliphatic heterocycles. The Morgan fingerprint density at radius 2 is 1.83 bits per heavy atom. The number of pyridine rings is 1. The summed E-state index contributed by atoms with van der Waals surface area (Å²) in [5, 5.41) is 0. The van der Waals surface area contributed by atoms with Crippen molar-refractivity contribution in [3.8, 4) is 0 Å². The molecule has 35 heavy (non-hydrogen) atoms. The maximum absolute atomic E-state index is 14.1. The van der Waals surface area contributed by atoms with Crippen LogP contribution in [0.1, 0.15) is 44.1 Å². The van der Waals surface area contributed by atoms with Crippen molar-refractivity contribution in [2.45, 2.75) is 54.5 Å². The molecule has 0 N–H and O–H groups in total. The topological polar surface area (TPSA) is 73.8 Å². The summed E-state index contributed by atoms with van der Waals surface area (Å²) in [4.78, 5) is 24.1. The third kappa shape index (κ3) is 4.33. The fourth-order valence-electron chi connectivity index (χ4n) is 5.89. The molecular formula is C26H33FN4O3S. The van der Waals surface area contributed by atoms with E-state index >= 15 is 0 Å². The third-order valence-corrected chi connectivity index (χ3v) is 9.37. The van der Waals surface area contributed by atoms with Crippen molar-refractivity contribution in [3.63, 3.8) is 0 Å². The maximum Gasteiger partial charge on any atom is 0.326 e. The molecule has 3 fully saturated rings. The number of carbonyl (C=O) groups is 1. The summed E-state index contributed by atoms with van der Waals surface area (Å²) in [6.45, 7) is 1.27. The molecule has 2 aromatic rings. The smallest absolute Gasteiger partial charge is 0.317 e. The lowest BCUT2D eigenvalue weighted by Gasteiger charge is -2.51. The number of hydrogen-bond donors (Lipinski definition) is 0. The number of rotatable bonds is 6. The van der Waals surface area contributed by atoms with Gasteiger partial charge in [0.25, 0.3) is 0 Å². The number of amides is 2. The third-order valence-electron chi connectivity index (χ3n) is 8.28. The average Bonchev–Trinajstić information content (AvgIpc) is 3.60. The van der Waals surface area contributed by atoms with Crippen LogP contribution in [0.15, 0.2) is 47.5 Å². The van der Waals surface area contributed by atoms with E-state index < -0.39 is 9.84 Å². The highest BCUT2D eigenvalue weighted by Gasteiger charge is 2.55. The van der Waals surface area contributed by atoms with Crippen LogP contribution in [0, 0.1) is 11.7 Å². The van der Waals surface area contributed by atoms with E-state index in [1.54, 1.807) is 23.1 Å². The number of carbonyl (C=O) groups excluding carboxylic acids is 1. The van der Waals surface area contributed by atoms with E-state index in [1.807, 2.05) is 20.2 Å². The van der Waals surface area contributed by atoms with Crippen LogP contribution < -0.4 is 4.90 Å². The second-order valence-corrected chi connectivity index (χ2v) is 12.7. The minimum Gasteiger partial charge on any atom is -0.317 e. The molecule has 0 radical (unpaired) electrons. The number of urea groups is 1. The monoisotopic (exact) mass is 500 g/mol. The quantitative estimate of drug-likeness (QED) is 0.598. The van der Waals surface area contributed by atoms with E-state index in [-0.39, 0.29) is 27.8 Å². The van der Waals surface area contributed by atoms with Crippen molar-refractivity contribution < 1.29 is 17.6 Å². The van der Waals surface area contributed by atoms with Crippen LogP contribution in [0.3, 0.4) is 0 Å². The van der Waals surface area contributed by atoms with Gasteiger partial charge >= 0.3 is 6.03 Å². The van der Waals surface area contributed by atoms with Crippen LogP contribution in [-0.2, 0) is 15.4 Å². The lowest BCUT2D eigenvalue weighted by atomic mass is 9.68. The second kappa shape index (κ2) is 8.55. The van der Waals surface area contributed by atoms with Gasteiger partial charge in [-0.1, -0.05) is 12.1 Å². The van der Waals surface area contributed by atoms with Crippen molar-refractivity contribution in [1.82, 2.24) is 14.8 Å². The molecule has 1 aromatic heterocycles. The number of anilines is 1. The van der Waals surface area contributed by atoms with Crippen molar-refractivity contribution in [3.05, 3.63) is 54.0 Å². The normalized spacial score (nSPS) is 27.3. The Balaban J connectivity index is 1.44. The molecule has 2 saturated carbocycles. The van der Waals surface area contributed by atoms with E-state index in [1.165, 1.54) is 18.3 Å². The number of hydrogen-bond acceptors (Lipinski definition) is 5. The number of nitrogens with zero attached hydrogens (tertiary/aromatic N) is 4. The molecule has 2 heterocycles. The fraction of sp³-hybridized carbons (Fsp3) is 0.538. The van der Waals surface area contributed by atoms with Crippen LogP contribution in [0.5, 0.6) is 0 Å². The van der Waals surface area contributed by atoms with Gasteiger partial charge in [-0.05, 0) is 88.4 Å². The van der Waals surface area contributed by atoms with Gasteiger partial charge in [0, 0.05) is 24.5 Å². The van der Waals surface area contributed by atoms with E-state index in [9.17, 15) is 17.6 Å².